The van der Waals surface area contributed by atoms with Crippen molar-refractivity contribution < 1.29 is 22.6 Å². The minimum atomic E-state index is -4.67. The number of nitrogens with one attached hydrogen (secondary N) is 1. The van der Waals surface area contributed by atoms with Gasteiger partial charge in [-0.05, 0) is 45.0 Å². The van der Waals surface area contributed by atoms with E-state index in [0.717, 1.165) is 6.54 Å². The average molecular weight is 305 g/mol. The Labute approximate surface area is 123 Å². The minimum Gasteiger partial charge on any atom is -0.493 e. The largest absolute Gasteiger partial charge is 0.573 e. The molecule has 0 aromatic heterocycles. The lowest BCUT2D eigenvalue weighted by Crippen LogP contribution is -2.39. The first-order valence-corrected chi connectivity index (χ1v) is 6.79. The number of alkyl halides is 3. The van der Waals surface area contributed by atoms with Crippen LogP contribution in [0.1, 0.15) is 27.7 Å². The molecule has 0 radical (unpaired) electrons. The second-order valence-electron chi connectivity index (χ2n) is 6.07. The quantitative estimate of drug-likeness (QED) is 0.862. The molecular formula is C15H22F3NO2. The maximum atomic E-state index is 12.0. The van der Waals surface area contributed by atoms with Crippen molar-refractivity contribution in [1.82, 2.24) is 5.32 Å². The van der Waals surface area contributed by atoms with Crippen LogP contribution in [-0.4, -0.2) is 25.1 Å². The molecule has 0 aliphatic heterocycles. The maximum Gasteiger partial charge on any atom is 0.573 e. The van der Waals surface area contributed by atoms with Crippen molar-refractivity contribution in [2.75, 3.05) is 13.2 Å². The predicted octanol–water partition coefficient (Wildman–Crippen LogP) is 3.99. The van der Waals surface area contributed by atoms with Crippen molar-refractivity contribution in [2.24, 2.45) is 5.92 Å². The molecule has 6 heteroatoms. The van der Waals surface area contributed by atoms with Gasteiger partial charge in [-0.1, -0.05) is 6.92 Å². The first-order valence-electron chi connectivity index (χ1n) is 6.79. The molecule has 1 aromatic carbocycles. The van der Waals surface area contributed by atoms with Crippen LogP contribution in [0.25, 0.3) is 0 Å². The third kappa shape index (κ3) is 8.45. The van der Waals surface area contributed by atoms with Crippen LogP contribution in [0.2, 0.25) is 0 Å². The average Bonchev–Trinajstić information content (AvgIpc) is 2.33. The zero-order valence-electron chi connectivity index (χ0n) is 12.8. The smallest absolute Gasteiger partial charge is 0.493 e. The van der Waals surface area contributed by atoms with Gasteiger partial charge < -0.3 is 14.8 Å². The van der Waals surface area contributed by atoms with Crippen LogP contribution < -0.4 is 14.8 Å². The van der Waals surface area contributed by atoms with Crippen LogP contribution in [-0.2, 0) is 0 Å². The van der Waals surface area contributed by atoms with Gasteiger partial charge in [0.25, 0.3) is 0 Å². The summed E-state index contributed by atoms with van der Waals surface area (Å²) in [5, 5.41) is 3.37. The van der Waals surface area contributed by atoms with Crippen molar-refractivity contribution in [3.05, 3.63) is 24.3 Å². The second-order valence-corrected chi connectivity index (χ2v) is 6.07. The van der Waals surface area contributed by atoms with Gasteiger partial charge in [-0.2, -0.15) is 0 Å². The van der Waals surface area contributed by atoms with E-state index in [1.807, 2.05) is 6.92 Å². The lowest BCUT2D eigenvalue weighted by atomic mass is 10.1. The number of hydrogen-bond donors (Lipinski definition) is 1. The van der Waals surface area contributed by atoms with Crippen LogP contribution >= 0.6 is 0 Å². The summed E-state index contributed by atoms with van der Waals surface area (Å²) in [6, 6.07) is 5.40. The molecule has 0 aliphatic rings. The lowest BCUT2D eigenvalue weighted by Gasteiger charge is -2.23. The number of rotatable bonds is 6. The van der Waals surface area contributed by atoms with Crippen LogP contribution in [0.4, 0.5) is 13.2 Å². The Hall–Kier alpha value is -1.43. The molecule has 1 aromatic rings. The van der Waals surface area contributed by atoms with Gasteiger partial charge in [0.2, 0.25) is 0 Å². The summed E-state index contributed by atoms with van der Waals surface area (Å²) in [5.74, 6) is 0.555. The van der Waals surface area contributed by atoms with Crippen LogP contribution in [0.3, 0.4) is 0 Å². The molecule has 3 nitrogen and oxygen atoms in total. The summed E-state index contributed by atoms with van der Waals surface area (Å²) in [5.41, 5.74) is 0.0465. The van der Waals surface area contributed by atoms with Crippen molar-refractivity contribution >= 4 is 0 Å². The van der Waals surface area contributed by atoms with E-state index in [2.05, 4.69) is 30.8 Å². The standard InChI is InChI=1S/C15H22F3NO2/c1-11(9-19-14(2,3)4)10-20-12-5-7-13(8-6-12)21-15(16,17)18/h5-8,11,19H,9-10H2,1-4H3. The molecule has 0 fully saturated rings. The molecule has 120 valence electrons. The van der Waals surface area contributed by atoms with Crippen molar-refractivity contribution in [3.63, 3.8) is 0 Å². The van der Waals surface area contributed by atoms with Crippen molar-refractivity contribution in [2.45, 2.75) is 39.6 Å². The third-order valence-electron chi connectivity index (χ3n) is 2.57. The van der Waals surface area contributed by atoms with Gasteiger partial charge in [-0.25, -0.2) is 0 Å². The van der Waals surface area contributed by atoms with E-state index < -0.39 is 6.36 Å². The molecule has 0 saturated carbocycles. The minimum absolute atomic E-state index is 0.0465. The number of halogens is 3. The first kappa shape index (κ1) is 17.6. The predicted molar refractivity (Wildman–Crippen MR) is 75.5 cm³/mol. The molecule has 1 rings (SSSR count). The van der Waals surface area contributed by atoms with Gasteiger partial charge in [0.05, 0.1) is 6.61 Å². The van der Waals surface area contributed by atoms with Crippen molar-refractivity contribution in [1.29, 1.82) is 0 Å². The molecule has 0 aliphatic carbocycles. The van der Waals surface area contributed by atoms with Gasteiger partial charge in [0, 0.05) is 18.0 Å². The molecule has 21 heavy (non-hydrogen) atoms. The molecule has 1 atom stereocenters. The van der Waals surface area contributed by atoms with Gasteiger partial charge in [0.15, 0.2) is 0 Å². The van der Waals surface area contributed by atoms with Gasteiger partial charge in [-0.3, -0.25) is 0 Å². The number of ether oxygens (including phenoxy) is 2. The molecule has 1 unspecified atom stereocenters. The van der Waals surface area contributed by atoms with E-state index in [9.17, 15) is 13.2 Å². The second kappa shape index (κ2) is 7.02. The highest BCUT2D eigenvalue weighted by Crippen LogP contribution is 2.24. The Bertz CT molecular complexity index is 424. The molecule has 0 bridgehead atoms. The van der Waals surface area contributed by atoms with Crippen molar-refractivity contribution in [3.8, 4) is 11.5 Å². The maximum absolute atomic E-state index is 12.0. The molecule has 0 spiro atoms. The molecular weight excluding hydrogens is 283 g/mol. The zero-order valence-corrected chi connectivity index (χ0v) is 12.8. The van der Waals surface area contributed by atoms with E-state index >= 15 is 0 Å². The lowest BCUT2D eigenvalue weighted by molar-refractivity contribution is -0.274. The highest BCUT2D eigenvalue weighted by Gasteiger charge is 2.30. The summed E-state index contributed by atoms with van der Waals surface area (Å²) in [6.07, 6.45) is -4.67. The highest BCUT2D eigenvalue weighted by molar-refractivity contribution is 5.31. The van der Waals surface area contributed by atoms with E-state index in [1.165, 1.54) is 24.3 Å². The van der Waals surface area contributed by atoms with E-state index in [-0.39, 0.29) is 17.2 Å². The Morgan fingerprint density at radius 3 is 2.05 bits per heavy atom. The number of hydrogen-bond acceptors (Lipinski definition) is 3. The topological polar surface area (TPSA) is 30.5 Å². The Morgan fingerprint density at radius 1 is 1.05 bits per heavy atom. The Balaban J connectivity index is 2.39. The fourth-order valence-corrected chi connectivity index (χ4v) is 1.52. The molecule has 0 heterocycles. The monoisotopic (exact) mass is 305 g/mol. The zero-order chi connectivity index (χ0) is 16.1. The first-order chi connectivity index (χ1) is 9.55. The molecule has 1 N–H and O–H groups in total. The Morgan fingerprint density at radius 2 is 1.57 bits per heavy atom. The van der Waals surface area contributed by atoms with Crippen LogP contribution in [0, 0.1) is 5.92 Å². The van der Waals surface area contributed by atoms with Crippen LogP contribution in [0.15, 0.2) is 24.3 Å². The summed E-state index contributed by atoms with van der Waals surface area (Å²) >= 11 is 0. The van der Waals surface area contributed by atoms with Gasteiger partial charge >= 0.3 is 6.36 Å². The van der Waals surface area contributed by atoms with E-state index in [4.69, 9.17) is 4.74 Å². The van der Waals surface area contributed by atoms with E-state index in [0.29, 0.717) is 12.4 Å². The third-order valence-corrected chi connectivity index (χ3v) is 2.57. The fourth-order valence-electron chi connectivity index (χ4n) is 1.52. The van der Waals surface area contributed by atoms with Gasteiger partial charge in [-0.15, -0.1) is 13.2 Å². The molecule has 0 amide bonds. The summed E-state index contributed by atoms with van der Waals surface area (Å²) in [6.45, 7) is 9.58. The Kier molecular flexibility index (Phi) is 5.89. The summed E-state index contributed by atoms with van der Waals surface area (Å²) in [4.78, 5) is 0. The SMILES string of the molecule is CC(CNC(C)(C)C)COc1ccc(OC(F)(F)F)cc1. The summed E-state index contributed by atoms with van der Waals surface area (Å²) < 4.78 is 45.4. The van der Waals surface area contributed by atoms with Gasteiger partial charge in [0.1, 0.15) is 11.5 Å². The number of benzene rings is 1. The van der Waals surface area contributed by atoms with E-state index in [1.54, 1.807) is 0 Å². The summed E-state index contributed by atoms with van der Waals surface area (Å²) in [7, 11) is 0. The normalized spacial score (nSPS) is 13.9. The van der Waals surface area contributed by atoms with Crippen LogP contribution in [0.5, 0.6) is 11.5 Å². The molecule has 0 saturated heterocycles. The highest BCUT2D eigenvalue weighted by atomic mass is 19.4. The fraction of sp³-hybridized carbons (Fsp3) is 0.600.